The highest BCUT2D eigenvalue weighted by Gasteiger charge is 2.13. The number of thiazole rings is 1. The molecule has 1 amide bonds. The maximum absolute atomic E-state index is 11.9. The van der Waals surface area contributed by atoms with Crippen LogP contribution >= 0.6 is 11.3 Å². The van der Waals surface area contributed by atoms with Crippen LogP contribution < -0.4 is 10.2 Å². The fourth-order valence-electron chi connectivity index (χ4n) is 2.25. The Balaban J connectivity index is 1.51. The Labute approximate surface area is 132 Å². The molecule has 1 aromatic carbocycles. The summed E-state index contributed by atoms with van der Waals surface area (Å²) in [5.74, 6) is 0.771. The lowest BCUT2D eigenvalue weighted by Crippen LogP contribution is -3.08. The molecule has 0 spiro atoms. The number of amides is 1. The van der Waals surface area contributed by atoms with Gasteiger partial charge in [-0.3, -0.25) is 4.79 Å². The first-order chi connectivity index (χ1) is 10.7. The minimum Gasteiger partial charge on any atom is -0.467 e. The molecule has 1 unspecified atom stereocenters. The van der Waals surface area contributed by atoms with Crippen molar-refractivity contribution in [3.8, 4) is 0 Å². The number of hydrogen-bond donors (Lipinski definition) is 2. The fraction of sp³-hybridized carbons (Fsp3) is 0.250. The van der Waals surface area contributed by atoms with Crippen molar-refractivity contribution >= 4 is 27.5 Å². The van der Waals surface area contributed by atoms with Gasteiger partial charge in [-0.15, -0.1) is 11.3 Å². The lowest BCUT2D eigenvalue weighted by atomic mass is 10.3. The molecule has 2 heterocycles. The van der Waals surface area contributed by atoms with Gasteiger partial charge >= 0.3 is 0 Å². The average Bonchev–Trinajstić information content (AvgIpc) is 3.13. The molecule has 5 nitrogen and oxygen atoms in total. The highest BCUT2D eigenvalue weighted by Crippen LogP contribution is 2.20. The molecule has 0 aliphatic carbocycles. The van der Waals surface area contributed by atoms with Crippen molar-refractivity contribution in [1.82, 2.24) is 10.3 Å². The second-order valence-corrected chi connectivity index (χ2v) is 6.36. The van der Waals surface area contributed by atoms with Crippen LogP contribution in [-0.2, 0) is 17.9 Å². The number of carbonyl (C=O) groups excluding carboxylic acids is 1. The summed E-state index contributed by atoms with van der Waals surface area (Å²) in [5, 5.41) is 3.91. The monoisotopic (exact) mass is 316 g/mol. The topological polar surface area (TPSA) is 59.6 Å². The van der Waals surface area contributed by atoms with Gasteiger partial charge in [0.1, 0.15) is 17.3 Å². The minimum atomic E-state index is 0.00927. The molecule has 0 fully saturated rings. The average molecular weight is 316 g/mol. The fourth-order valence-corrected chi connectivity index (χ4v) is 3.33. The lowest BCUT2D eigenvalue weighted by Gasteiger charge is -2.11. The quantitative estimate of drug-likeness (QED) is 0.719. The number of likely N-dealkylation sites (N-methyl/N-ethyl adjacent to an activating group) is 1. The maximum atomic E-state index is 11.9. The summed E-state index contributed by atoms with van der Waals surface area (Å²) in [4.78, 5) is 17.6. The number of nitrogens with one attached hydrogen (secondary N) is 2. The molecular weight excluding hydrogens is 298 g/mol. The number of rotatable bonds is 6. The SMILES string of the molecule is C[NH+](CC(=O)NCc1ccco1)Cc1nc2ccccc2s1. The Morgan fingerprint density at radius 2 is 2.18 bits per heavy atom. The number of benzene rings is 1. The third-order valence-electron chi connectivity index (χ3n) is 3.29. The summed E-state index contributed by atoms with van der Waals surface area (Å²) in [6.45, 7) is 1.59. The van der Waals surface area contributed by atoms with Crippen molar-refractivity contribution in [3.05, 3.63) is 53.4 Å². The zero-order valence-electron chi connectivity index (χ0n) is 12.3. The Morgan fingerprint density at radius 3 is 2.95 bits per heavy atom. The van der Waals surface area contributed by atoms with Gasteiger partial charge < -0.3 is 14.6 Å². The molecule has 3 rings (SSSR count). The largest absolute Gasteiger partial charge is 0.467 e. The standard InChI is InChI=1S/C16H17N3O2S/c1-19(10-15(20)17-9-12-5-4-8-21-12)11-16-18-13-6-2-3-7-14(13)22-16/h2-8H,9-11H2,1H3,(H,17,20)/p+1. The van der Waals surface area contributed by atoms with Crippen LogP contribution in [0.15, 0.2) is 47.1 Å². The van der Waals surface area contributed by atoms with Crippen LogP contribution in [0.25, 0.3) is 10.2 Å². The van der Waals surface area contributed by atoms with Crippen molar-refractivity contribution in [1.29, 1.82) is 0 Å². The molecule has 114 valence electrons. The van der Waals surface area contributed by atoms with Crippen molar-refractivity contribution in [2.24, 2.45) is 0 Å². The van der Waals surface area contributed by atoms with Crippen LogP contribution in [0.1, 0.15) is 10.8 Å². The van der Waals surface area contributed by atoms with E-state index in [-0.39, 0.29) is 5.91 Å². The summed E-state index contributed by atoms with van der Waals surface area (Å²) in [6, 6.07) is 11.8. The summed E-state index contributed by atoms with van der Waals surface area (Å²) in [5.41, 5.74) is 1.03. The molecule has 0 saturated carbocycles. The first-order valence-electron chi connectivity index (χ1n) is 7.15. The van der Waals surface area contributed by atoms with Gasteiger partial charge in [-0.05, 0) is 24.3 Å². The molecule has 3 aromatic rings. The number of quaternary nitrogens is 1. The van der Waals surface area contributed by atoms with E-state index in [0.29, 0.717) is 13.1 Å². The summed E-state index contributed by atoms with van der Waals surface area (Å²) >= 11 is 1.69. The predicted molar refractivity (Wildman–Crippen MR) is 85.6 cm³/mol. The molecule has 6 heteroatoms. The van der Waals surface area contributed by atoms with Gasteiger partial charge in [-0.25, -0.2) is 4.98 Å². The molecule has 0 aliphatic rings. The van der Waals surface area contributed by atoms with Gasteiger partial charge in [0.15, 0.2) is 6.54 Å². The van der Waals surface area contributed by atoms with E-state index in [1.165, 1.54) is 4.70 Å². The molecule has 2 N–H and O–H groups in total. The highest BCUT2D eigenvalue weighted by atomic mass is 32.1. The first-order valence-corrected chi connectivity index (χ1v) is 7.97. The van der Waals surface area contributed by atoms with E-state index in [2.05, 4.69) is 16.4 Å². The minimum absolute atomic E-state index is 0.00927. The Morgan fingerprint density at radius 1 is 1.32 bits per heavy atom. The van der Waals surface area contributed by atoms with E-state index in [4.69, 9.17) is 4.42 Å². The van der Waals surface area contributed by atoms with Gasteiger partial charge in [-0.1, -0.05) is 12.1 Å². The van der Waals surface area contributed by atoms with Crippen molar-refractivity contribution < 1.29 is 14.1 Å². The second-order valence-electron chi connectivity index (χ2n) is 5.24. The number of carbonyl (C=O) groups is 1. The number of fused-ring (bicyclic) bond motifs is 1. The Hall–Kier alpha value is -2.18. The summed E-state index contributed by atoms with van der Waals surface area (Å²) < 4.78 is 6.38. The predicted octanol–water partition coefficient (Wildman–Crippen LogP) is 1.22. The number of hydrogen-bond acceptors (Lipinski definition) is 4. The van der Waals surface area contributed by atoms with E-state index in [1.54, 1.807) is 17.6 Å². The number of aromatic nitrogens is 1. The summed E-state index contributed by atoms with van der Waals surface area (Å²) in [7, 11) is 2.00. The third kappa shape index (κ3) is 3.72. The zero-order valence-corrected chi connectivity index (χ0v) is 13.2. The normalized spacial score (nSPS) is 12.4. The van der Waals surface area contributed by atoms with Crippen LogP contribution in [0.5, 0.6) is 0 Å². The molecule has 1 atom stereocenters. The van der Waals surface area contributed by atoms with E-state index < -0.39 is 0 Å². The molecule has 0 bridgehead atoms. The van der Waals surface area contributed by atoms with Gasteiger partial charge in [0.2, 0.25) is 0 Å². The van der Waals surface area contributed by atoms with Crippen LogP contribution in [0.2, 0.25) is 0 Å². The van der Waals surface area contributed by atoms with Crippen molar-refractivity contribution in [2.45, 2.75) is 13.1 Å². The Bertz CT molecular complexity index is 719. The van der Waals surface area contributed by atoms with Gasteiger partial charge in [0.25, 0.3) is 5.91 Å². The van der Waals surface area contributed by atoms with Crippen LogP contribution in [0.4, 0.5) is 0 Å². The summed E-state index contributed by atoms with van der Waals surface area (Å²) in [6.07, 6.45) is 1.60. The third-order valence-corrected chi connectivity index (χ3v) is 4.33. The van der Waals surface area contributed by atoms with E-state index >= 15 is 0 Å². The number of nitrogens with zero attached hydrogens (tertiary/aromatic N) is 1. The van der Waals surface area contributed by atoms with E-state index in [0.717, 1.165) is 27.7 Å². The highest BCUT2D eigenvalue weighted by molar-refractivity contribution is 7.18. The van der Waals surface area contributed by atoms with E-state index in [9.17, 15) is 4.79 Å². The first kappa shape index (κ1) is 14.7. The molecule has 0 saturated heterocycles. The number of furan rings is 1. The van der Waals surface area contributed by atoms with Crippen molar-refractivity contribution in [2.75, 3.05) is 13.6 Å². The number of para-hydroxylation sites is 1. The second kappa shape index (κ2) is 6.72. The van der Waals surface area contributed by atoms with Crippen LogP contribution in [0, 0.1) is 0 Å². The van der Waals surface area contributed by atoms with Gasteiger partial charge in [0.05, 0.1) is 30.1 Å². The lowest BCUT2D eigenvalue weighted by molar-refractivity contribution is -0.885. The smallest absolute Gasteiger partial charge is 0.275 e. The molecule has 0 radical (unpaired) electrons. The maximum Gasteiger partial charge on any atom is 0.275 e. The van der Waals surface area contributed by atoms with Crippen LogP contribution in [-0.4, -0.2) is 24.5 Å². The van der Waals surface area contributed by atoms with Gasteiger partial charge in [-0.2, -0.15) is 0 Å². The molecule has 22 heavy (non-hydrogen) atoms. The Kier molecular flexibility index (Phi) is 4.50. The molecular formula is C16H18N3O2S+. The zero-order chi connectivity index (χ0) is 15.4. The molecule has 2 aromatic heterocycles. The van der Waals surface area contributed by atoms with Crippen molar-refractivity contribution in [3.63, 3.8) is 0 Å². The molecule has 0 aliphatic heterocycles. The van der Waals surface area contributed by atoms with Gasteiger partial charge in [0, 0.05) is 0 Å². The van der Waals surface area contributed by atoms with E-state index in [1.807, 2.05) is 37.4 Å². The van der Waals surface area contributed by atoms with Crippen LogP contribution in [0.3, 0.4) is 0 Å².